The van der Waals surface area contributed by atoms with Gasteiger partial charge in [0.1, 0.15) is 63.6 Å². The molecular weight excluding hydrogens is 1440 g/mol. The summed E-state index contributed by atoms with van der Waals surface area (Å²) >= 11 is 0. The van der Waals surface area contributed by atoms with Crippen LogP contribution in [0.25, 0.3) is 0 Å². The van der Waals surface area contributed by atoms with Crippen molar-refractivity contribution in [1.29, 1.82) is 0 Å². The van der Waals surface area contributed by atoms with E-state index in [4.69, 9.17) is 47.4 Å². The lowest BCUT2D eigenvalue weighted by atomic mass is 10.2. The van der Waals surface area contributed by atoms with Crippen LogP contribution in [0.1, 0.15) is 0 Å². The average molecular weight is 1470 g/mol. The topological polar surface area (TPSA) is 134 Å². The largest absolute Gasteiger partial charge is 0.848 e. The summed E-state index contributed by atoms with van der Waals surface area (Å²) in [5.41, 5.74) is 0. The Hall–Kier alpha value is -8.26. The van der Waals surface area contributed by atoms with E-state index in [-0.39, 0.29) is 0 Å². The first-order chi connectivity index (χ1) is 46.0. The third-order valence-corrected chi connectivity index (χ3v) is 12.4. The highest BCUT2D eigenvalue weighted by Crippen LogP contribution is 2.36. The molecule has 43 heteroatoms. The third kappa shape index (κ3) is 17.6. The van der Waals surface area contributed by atoms with Crippen LogP contribution in [-0.2, 0) is 28.4 Å². The van der Waals surface area contributed by atoms with E-state index in [2.05, 4.69) is 9.47 Å². The zero-order chi connectivity index (χ0) is 73.2. The summed E-state index contributed by atoms with van der Waals surface area (Å²) in [7, 11) is 0.857. The van der Waals surface area contributed by atoms with E-state index in [1.165, 1.54) is 0 Å². The Morgan fingerprint density at radius 3 is 0.480 bits per heavy atom. The molecule has 0 saturated carbocycles. The van der Waals surface area contributed by atoms with Crippen LogP contribution >= 0.6 is 0 Å². The molecular formula is C55H33F30O13-. The second-order valence-electron chi connectivity index (χ2n) is 19.1. The summed E-state index contributed by atoms with van der Waals surface area (Å²) < 4.78 is 489. The lowest BCUT2D eigenvalue weighted by molar-refractivity contribution is -0.432. The minimum absolute atomic E-state index is 0.857. The van der Waals surface area contributed by atoms with E-state index in [1.54, 1.807) is 0 Å². The van der Waals surface area contributed by atoms with Crippen LogP contribution in [0, 0.1) is 175 Å². The molecule has 542 valence electrons. The Balaban J connectivity index is 1.37. The van der Waals surface area contributed by atoms with E-state index in [0.717, 1.165) is 7.11 Å². The molecule has 0 aliphatic carbocycles. The molecule has 6 unspecified atom stereocenters. The average Bonchev–Trinajstić information content (AvgIpc) is 0.843. The van der Waals surface area contributed by atoms with Gasteiger partial charge in [0.2, 0.25) is 175 Å². The van der Waals surface area contributed by atoms with Gasteiger partial charge in [-0.25, -0.2) is 79.0 Å². The predicted molar refractivity (Wildman–Crippen MR) is 255 cm³/mol. The summed E-state index contributed by atoms with van der Waals surface area (Å²) in [6.45, 7) is -18.3. The number of hydrogen-bond acceptors (Lipinski definition) is 13. The quantitative estimate of drug-likeness (QED) is 0.0212. The highest BCUT2D eigenvalue weighted by Gasteiger charge is 2.36. The molecule has 0 saturated heterocycles. The molecule has 0 radical (unpaired) electrons. The highest BCUT2D eigenvalue weighted by molar-refractivity contribution is 5.34. The summed E-state index contributed by atoms with van der Waals surface area (Å²) in [6, 6.07) is 0. The molecule has 0 amide bonds. The van der Waals surface area contributed by atoms with Gasteiger partial charge >= 0.3 is 0 Å². The molecule has 0 heterocycles. The van der Waals surface area contributed by atoms with Crippen molar-refractivity contribution in [3.63, 3.8) is 0 Å². The van der Waals surface area contributed by atoms with Gasteiger partial charge in [0, 0.05) is 13.7 Å². The summed E-state index contributed by atoms with van der Waals surface area (Å²) in [4.78, 5) is 0. The Morgan fingerprint density at radius 2 is 0.316 bits per heavy atom. The van der Waals surface area contributed by atoms with Crippen molar-refractivity contribution in [3.05, 3.63) is 175 Å². The van der Waals surface area contributed by atoms with Crippen molar-refractivity contribution >= 4 is 0 Å². The van der Waals surface area contributed by atoms with E-state index in [1.807, 2.05) is 0 Å². The Morgan fingerprint density at radius 1 is 0.184 bits per heavy atom. The molecule has 13 nitrogen and oxygen atoms in total. The number of ether oxygens (including phenoxy) is 12. The lowest BCUT2D eigenvalue weighted by Crippen LogP contribution is -2.41. The molecule has 0 N–H and O–H groups in total. The van der Waals surface area contributed by atoms with Crippen LogP contribution in [0.5, 0.6) is 34.5 Å². The monoisotopic (exact) mass is 1470 g/mol. The molecule has 0 aliphatic heterocycles. The number of benzene rings is 6. The lowest BCUT2D eigenvalue weighted by Gasteiger charge is -2.28. The maximum Gasteiger partial charge on any atom is 0.206 e. The molecule has 0 aromatic heterocycles. The highest BCUT2D eigenvalue weighted by atomic mass is 19.2. The van der Waals surface area contributed by atoms with Crippen molar-refractivity contribution in [3.8, 4) is 34.5 Å². The van der Waals surface area contributed by atoms with Crippen molar-refractivity contribution in [2.45, 2.75) is 36.6 Å². The van der Waals surface area contributed by atoms with E-state index in [0.29, 0.717) is 0 Å². The van der Waals surface area contributed by atoms with Gasteiger partial charge < -0.3 is 61.9 Å². The third-order valence-electron chi connectivity index (χ3n) is 12.4. The molecule has 0 spiro atoms. The summed E-state index contributed by atoms with van der Waals surface area (Å²) in [5, 5.41) is 12.9. The second kappa shape index (κ2) is 34.0. The van der Waals surface area contributed by atoms with Crippen LogP contribution in [-0.4, -0.2) is 123 Å². The van der Waals surface area contributed by atoms with Gasteiger partial charge in [-0.05, 0) is 0 Å². The van der Waals surface area contributed by atoms with Gasteiger partial charge in [-0.15, -0.1) is 0 Å². The van der Waals surface area contributed by atoms with E-state index >= 15 is 0 Å². The van der Waals surface area contributed by atoms with E-state index < -0.39 is 325 Å². The molecule has 6 atom stereocenters. The van der Waals surface area contributed by atoms with Crippen LogP contribution in [0.4, 0.5) is 132 Å². The fourth-order valence-electron chi connectivity index (χ4n) is 7.50. The maximum absolute atomic E-state index is 15.0. The van der Waals surface area contributed by atoms with Gasteiger partial charge in [-0.1, -0.05) is 6.10 Å². The zero-order valence-electron chi connectivity index (χ0n) is 47.6. The number of rotatable bonds is 35. The van der Waals surface area contributed by atoms with Crippen LogP contribution in [0.3, 0.4) is 0 Å². The zero-order valence-corrected chi connectivity index (χ0v) is 47.6. The number of hydrogen-bond donors (Lipinski definition) is 0. The molecule has 6 aromatic carbocycles. The molecule has 98 heavy (non-hydrogen) atoms. The predicted octanol–water partition coefficient (Wildman–Crippen LogP) is 11.9. The molecule has 0 fully saturated rings. The van der Waals surface area contributed by atoms with E-state index in [9.17, 15) is 137 Å². The van der Waals surface area contributed by atoms with Crippen molar-refractivity contribution in [2.24, 2.45) is 0 Å². The summed E-state index contributed by atoms with van der Waals surface area (Å²) in [5.74, 6) is -93.7. The minimum atomic E-state index is -2.82. The van der Waals surface area contributed by atoms with Gasteiger partial charge in [0.15, 0.2) is 34.5 Å². The first kappa shape index (κ1) is 78.7. The van der Waals surface area contributed by atoms with Crippen molar-refractivity contribution < 1.29 is 194 Å². The van der Waals surface area contributed by atoms with Crippen LogP contribution in [0.15, 0.2) is 0 Å². The minimum Gasteiger partial charge on any atom is -0.848 e. The Bertz CT molecular complexity index is 3700. The smallest absolute Gasteiger partial charge is 0.206 e. The second-order valence-corrected chi connectivity index (χ2v) is 19.1. The first-order valence-corrected chi connectivity index (χ1v) is 26.1. The molecule has 6 rings (SSSR count). The van der Waals surface area contributed by atoms with Gasteiger partial charge in [0.05, 0.1) is 39.6 Å². The Labute approximate surface area is 525 Å². The number of methoxy groups -OCH3 is 1. The van der Waals surface area contributed by atoms with Gasteiger partial charge in [-0.2, -0.15) is 52.7 Å². The van der Waals surface area contributed by atoms with Crippen LogP contribution in [0.2, 0.25) is 0 Å². The molecule has 0 bridgehead atoms. The fourth-order valence-corrected chi connectivity index (χ4v) is 7.50. The summed E-state index contributed by atoms with van der Waals surface area (Å²) in [6.07, 6.45) is -14.1. The fraction of sp³-hybridized carbons (Fsp3) is 0.345. The number of halogens is 30. The van der Waals surface area contributed by atoms with Gasteiger partial charge in [0.25, 0.3) is 0 Å². The normalized spacial score (nSPS) is 13.6. The van der Waals surface area contributed by atoms with Crippen molar-refractivity contribution in [2.75, 3.05) is 86.4 Å². The SMILES string of the molecule is COCC(COc1c(F)c(F)c(F)c(F)c1F)OCC(COc1c(F)c(F)c(F)c(F)c1F)OCC(COc1c(F)c(F)c(F)c(F)c1F)OCC(COc1c(F)c(F)c(F)c(F)c1F)OCC(COc1c(F)c(F)c(F)c(F)c1F)OCC([O-])COc1c(F)c(F)c(F)c(F)c1F. The van der Waals surface area contributed by atoms with Crippen LogP contribution < -0.4 is 33.5 Å². The van der Waals surface area contributed by atoms with Crippen molar-refractivity contribution in [1.82, 2.24) is 0 Å². The maximum atomic E-state index is 15.0. The van der Waals surface area contributed by atoms with Gasteiger partial charge in [-0.3, -0.25) is 0 Å². The molecule has 0 aliphatic rings. The first-order valence-electron chi connectivity index (χ1n) is 26.1. The molecule has 6 aromatic rings. The Kier molecular flexibility index (Phi) is 27.3. The standard InChI is InChI=1S/C55H33F30O13/c1-87-4-15(9-94-51-40(76)28(64)21(57)29(65)41(51)77)89-6-17(11-96-53-44(80)32(68)23(59)33(69)45(53)81)91-8-19(13-98-55-48(84)36(72)25(61)37(73)49(55)85)92-7-18(12-97-54-46(82)34(70)24(60)35(71)47(54)83)90-5-16(10-95-52-42(78)30(66)22(58)31(67)43(52)79)88-2-14(86)3-93-50-38(74)26(62)20(56)27(63)39(50)75/h14-19H,2-13H2,1H3/q-1.